The molecule has 0 radical (unpaired) electrons. The number of nitrogens with one attached hydrogen (secondary N) is 1. The molecule has 0 amide bonds. The molecule has 2 aromatic rings. The third-order valence-electron chi connectivity index (χ3n) is 2.52. The summed E-state index contributed by atoms with van der Waals surface area (Å²) in [6, 6.07) is 4.23. The van der Waals surface area contributed by atoms with Gasteiger partial charge in [-0.15, -0.1) is 0 Å². The lowest BCUT2D eigenvalue weighted by atomic mass is 10.3. The molecule has 0 saturated carbocycles. The van der Waals surface area contributed by atoms with Gasteiger partial charge in [0.2, 0.25) is 5.88 Å². The summed E-state index contributed by atoms with van der Waals surface area (Å²) in [5.41, 5.74) is 0.837. The van der Waals surface area contributed by atoms with E-state index in [1.807, 2.05) is 0 Å². The minimum atomic E-state index is -0.364. The molecule has 1 N–H and O–H groups in total. The van der Waals surface area contributed by atoms with Crippen LogP contribution in [0.4, 0.5) is 4.39 Å². The molecule has 1 aromatic heterocycles. The topological polar surface area (TPSA) is 47.0 Å². The summed E-state index contributed by atoms with van der Waals surface area (Å²) >= 11 is 3.29. The molecule has 0 aliphatic heterocycles. The lowest BCUT2D eigenvalue weighted by Gasteiger charge is -2.07. The maximum atomic E-state index is 13.1. The van der Waals surface area contributed by atoms with Crippen LogP contribution in [-0.4, -0.2) is 16.5 Å². The molecule has 2 rings (SSSR count). The molecule has 0 aliphatic carbocycles. The molecule has 0 unspecified atom stereocenters. The van der Waals surface area contributed by atoms with E-state index in [1.165, 1.54) is 18.3 Å². The largest absolute Gasteiger partial charge is 0.436 e. The van der Waals surface area contributed by atoms with Gasteiger partial charge in [0.15, 0.2) is 0 Å². The second-order valence-electron chi connectivity index (χ2n) is 4.20. The molecule has 106 valence electrons. The van der Waals surface area contributed by atoms with Crippen LogP contribution in [0.15, 0.2) is 35.1 Å². The van der Waals surface area contributed by atoms with Crippen molar-refractivity contribution in [3.63, 3.8) is 0 Å². The molecule has 1 heterocycles. The number of aromatic nitrogens is 2. The molecule has 0 spiro atoms. The summed E-state index contributed by atoms with van der Waals surface area (Å²) in [7, 11) is 0. The molecule has 1 aromatic carbocycles. The Balaban J connectivity index is 2.01. The number of benzene rings is 1. The molecule has 0 aliphatic rings. The lowest BCUT2D eigenvalue weighted by molar-refractivity contribution is 0.451. The van der Waals surface area contributed by atoms with Crippen LogP contribution in [0.1, 0.15) is 19.0 Å². The van der Waals surface area contributed by atoms with E-state index in [1.54, 1.807) is 12.3 Å². The van der Waals surface area contributed by atoms with Gasteiger partial charge in [0, 0.05) is 12.6 Å². The van der Waals surface area contributed by atoms with E-state index in [0.29, 0.717) is 22.6 Å². The van der Waals surface area contributed by atoms with Crippen LogP contribution in [0.25, 0.3) is 0 Å². The predicted octanol–water partition coefficient (Wildman–Crippen LogP) is 3.67. The Morgan fingerprint density at radius 1 is 1.30 bits per heavy atom. The first kappa shape index (κ1) is 14.9. The van der Waals surface area contributed by atoms with Gasteiger partial charge in [0.05, 0.1) is 22.6 Å². The summed E-state index contributed by atoms with van der Waals surface area (Å²) in [6.07, 6.45) is 4.24. The average Bonchev–Trinajstić information content (AvgIpc) is 2.45. The van der Waals surface area contributed by atoms with Crippen LogP contribution in [0.5, 0.6) is 11.6 Å². The summed E-state index contributed by atoms with van der Waals surface area (Å²) in [6.45, 7) is 3.72. The van der Waals surface area contributed by atoms with Gasteiger partial charge in [-0.1, -0.05) is 6.92 Å². The van der Waals surface area contributed by atoms with Gasteiger partial charge >= 0.3 is 0 Å². The van der Waals surface area contributed by atoms with Crippen molar-refractivity contribution in [3.05, 3.63) is 46.6 Å². The highest BCUT2D eigenvalue weighted by atomic mass is 79.9. The van der Waals surface area contributed by atoms with Crippen molar-refractivity contribution in [1.29, 1.82) is 0 Å². The maximum absolute atomic E-state index is 13.1. The molecule has 0 fully saturated rings. The summed E-state index contributed by atoms with van der Waals surface area (Å²) in [5, 5.41) is 3.24. The molecule has 4 nitrogen and oxygen atoms in total. The number of ether oxygens (including phenoxy) is 1. The molecule has 0 saturated heterocycles. The molecular weight excluding hydrogens is 325 g/mol. The Hall–Kier alpha value is -1.53. The predicted molar refractivity (Wildman–Crippen MR) is 78.2 cm³/mol. The normalized spacial score (nSPS) is 10.6. The fourth-order valence-electron chi connectivity index (χ4n) is 1.55. The molecule has 0 bridgehead atoms. The first-order valence-electron chi connectivity index (χ1n) is 6.33. The highest BCUT2D eigenvalue weighted by molar-refractivity contribution is 9.10. The summed E-state index contributed by atoms with van der Waals surface area (Å²) < 4.78 is 19.3. The molecule has 6 heteroatoms. The number of nitrogens with zero attached hydrogens (tertiary/aromatic N) is 2. The second-order valence-corrected chi connectivity index (χ2v) is 5.05. The van der Waals surface area contributed by atoms with Crippen LogP contribution < -0.4 is 10.1 Å². The minimum absolute atomic E-state index is 0.329. The van der Waals surface area contributed by atoms with Crippen LogP contribution in [-0.2, 0) is 6.54 Å². The maximum Gasteiger partial charge on any atom is 0.237 e. The zero-order chi connectivity index (χ0) is 14.4. The minimum Gasteiger partial charge on any atom is -0.436 e. The van der Waals surface area contributed by atoms with Gasteiger partial charge < -0.3 is 10.1 Å². The van der Waals surface area contributed by atoms with Crippen molar-refractivity contribution in [3.8, 4) is 11.6 Å². The van der Waals surface area contributed by atoms with Crippen molar-refractivity contribution in [2.45, 2.75) is 19.9 Å². The van der Waals surface area contributed by atoms with Crippen LogP contribution >= 0.6 is 15.9 Å². The van der Waals surface area contributed by atoms with Gasteiger partial charge in [-0.3, -0.25) is 4.98 Å². The average molecular weight is 340 g/mol. The van der Waals surface area contributed by atoms with Crippen LogP contribution in [0, 0.1) is 5.82 Å². The first-order chi connectivity index (χ1) is 9.69. The van der Waals surface area contributed by atoms with Crippen molar-refractivity contribution in [2.24, 2.45) is 0 Å². The molecular formula is C14H15BrFN3O. The Labute approximate surface area is 125 Å². The Morgan fingerprint density at radius 3 is 2.85 bits per heavy atom. The quantitative estimate of drug-likeness (QED) is 0.815. The van der Waals surface area contributed by atoms with Gasteiger partial charge in [-0.05, 0) is 41.0 Å². The van der Waals surface area contributed by atoms with E-state index >= 15 is 0 Å². The van der Waals surface area contributed by atoms with Gasteiger partial charge in [0.1, 0.15) is 11.6 Å². The molecule has 20 heavy (non-hydrogen) atoms. The number of hydrogen-bond acceptors (Lipinski definition) is 4. The van der Waals surface area contributed by atoms with Crippen LogP contribution in [0.2, 0.25) is 0 Å². The number of rotatable bonds is 6. The first-order valence-corrected chi connectivity index (χ1v) is 7.13. The van der Waals surface area contributed by atoms with Crippen molar-refractivity contribution in [1.82, 2.24) is 15.3 Å². The number of halogens is 2. The highest BCUT2D eigenvalue weighted by Crippen LogP contribution is 2.28. The Kier molecular flexibility index (Phi) is 5.43. The van der Waals surface area contributed by atoms with Crippen molar-refractivity contribution >= 4 is 15.9 Å². The zero-order valence-corrected chi connectivity index (χ0v) is 12.7. The summed E-state index contributed by atoms with van der Waals surface area (Å²) in [5.74, 6) is 0.336. The monoisotopic (exact) mass is 339 g/mol. The van der Waals surface area contributed by atoms with E-state index in [4.69, 9.17) is 4.74 Å². The van der Waals surface area contributed by atoms with E-state index in [-0.39, 0.29) is 5.82 Å². The van der Waals surface area contributed by atoms with E-state index in [2.05, 4.69) is 38.1 Å². The third-order valence-corrected chi connectivity index (χ3v) is 3.18. The summed E-state index contributed by atoms with van der Waals surface area (Å²) in [4.78, 5) is 8.40. The SMILES string of the molecule is CCCNCc1cnc(Oc2cc(F)ccc2Br)cn1. The fraction of sp³-hybridized carbons (Fsp3) is 0.286. The standard InChI is InChI=1S/C14H15BrFN3O/c1-2-5-17-7-11-8-19-14(9-18-11)20-13-6-10(16)3-4-12(13)15/h3-4,6,8-9,17H,2,5,7H2,1H3. The van der Waals surface area contributed by atoms with Gasteiger partial charge in [-0.25, -0.2) is 9.37 Å². The van der Waals surface area contributed by atoms with Gasteiger partial charge in [-0.2, -0.15) is 0 Å². The van der Waals surface area contributed by atoms with E-state index < -0.39 is 0 Å². The highest BCUT2D eigenvalue weighted by Gasteiger charge is 2.06. The Morgan fingerprint density at radius 2 is 2.15 bits per heavy atom. The smallest absolute Gasteiger partial charge is 0.237 e. The second kappa shape index (κ2) is 7.31. The van der Waals surface area contributed by atoms with Gasteiger partial charge in [0.25, 0.3) is 0 Å². The zero-order valence-electron chi connectivity index (χ0n) is 11.1. The van der Waals surface area contributed by atoms with Crippen molar-refractivity contribution in [2.75, 3.05) is 6.54 Å². The Bertz CT molecular complexity index is 563. The fourth-order valence-corrected chi connectivity index (χ4v) is 1.88. The van der Waals surface area contributed by atoms with E-state index in [0.717, 1.165) is 18.7 Å². The van der Waals surface area contributed by atoms with Crippen LogP contribution in [0.3, 0.4) is 0 Å². The lowest BCUT2D eigenvalue weighted by Crippen LogP contribution is -2.14. The third kappa shape index (κ3) is 4.25. The molecule has 0 atom stereocenters. The number of hydrogen-bond donors (Lipinski definition) is 1. The van der Waals surface area contributed by atoms with E-state index in [9.17, 15) is 4.39 Å². The van der Waals surface area contributed by atoms with Crippen molar-refractivity contribution < 1.29 is 9.13 Å².